The smallest absolute Gasteiger partial charge is 0.223 e. The van der Waals surface area contributed by atoms with Gasteiger partial charge in [0.05, 0.1) is 6.04 Å². The van der Waals surface area contributed by atoms with Crippen molar-refractivity contribution in [1.29, 1.82) is 0 Å². The first-order valence-corrected chi connectivity index (χ1v) is 9.34. The average molecular weight is 404 g/mol. The summed E-state index contributed by atoms with van der Waals surface area (Å²) < 4.78 is 58.5. The van der Waals surface area contributed by atoms with Crippen LogP contribution in [0.15, 0.2) is 6.07 Å². The lowest BCUT2D eigenvalue weighted by Crippen LogP contribution is -2.45. The number of benzene rings is 1. The summed E-state index contributed by atoms with van der Waals surface area (Å²) in [5.41, 5.74) is 5.44. The molecule has 0 aliphatic heterocycles. The minimum absolute atomic E-state index is 0.0524. The van der Waals surface area contributed by atoms with Gasteiger partial charge >= 0.3 is 0 Å². The van der Waals surface area contributed by atoms with Crippen LogP contribution < -0.4 is 15.8 Å². The summed E-state index contributed by atoms with van der Waals surface area (Å²) in [5, 5.41) is 2.66. The van der Waals surface area contributed by atoms with Crippen LogP contribution in [0.2, 0.25) is 0 Å². The number of nitrogens with two attached hydrogens (primary N) is 1. The van der Waals surface area contributed by atoms with Crippen molar-refractivity contribution < 1.29 is 31.9 Å². The minimum Gasteiger partial charge on any atom is -0.479 e. The fourth-order valence-electron chi connectivity index (χ4n) is 3.21. The topological polar surface area (TPSA) is 81.4 Å². The van der Waals surface area contributed by atoms with E-state index in [9.17, 15) is 27.2 Å². The third-order valence-corrected chi connectivity index (χ3v) is 4.81. The maximum atomic E-state index is 13.7. The number of amides is 1. The van der Waals surface area contributed by atoms with Gasteiger partial charge in [-0.3, -0.25) is 9.59 Å². The molecule has 1 aromatic carbocycles. The number of unbranched alkanes of at least 4 members (excludes halogenated alkanes) is 1. The lowest BCUT2D eigenvalue weighted by Gasteiger charge is -2.20. The first kappa shape index (κ1) is 22.1. The molecule has 0 heterocycles. The molecule has 0 bridgehead atoms. The van der Waals surface area contributed by atoms with Crippen LogP contribution in [-0.2, 0) is 9.59 Å². The second-order valence-electron chi connectivity index (χ2n) is 6.88. The van der Waals surface area contributed by atoms with E-state index in [0.29, 0.717) is 19.4 Å². The molecule has 1 aliphatic rings. The van der Waals surface area contributed by atoms with Crippen molar-refractivity contribution in [2.75, 3.05) is 13.2 Å². The number of hydrogen-bond acceptors (Lipinski definition) is 4. The molecular weight excluding hydrogens is 380 g/mol. The van der Waals surface area contributed by atoms with Gasteiger partial charge in [-0.25, -0.2) is 8.78 Å². The van der Waals surface area contributed by atoms with Crippen LogP contribution in [0, 0.1) is 29.2 Å². The summed E-state index contributed by atoms with van der Waals surface area (Å²) in [6.07, 6.45) is 4.82. The van der Waals surface area contributed by atoms with Crippen LogP contribution >= 0.6 is 0 Å². The van der Waals surface area contributed by atoms with E-state index in [1.165, 1.54) is 0 Å². The van der Waals surface area contributed by atoms with Crippen molar-refractivity contribution >= 4 is 11.7 Å². The number of carbonyl (C=O) groups is 2. The first-order chi connectivity index (χ1) is 13.3. The molecule has 9 heteroatoms. The van der Waals surface area contributed by atoms with E-state index in [4.69, 9.17) is 10.5 Å². The highest BCUT2D eigenvalue weighted by Crippen LogP contribution is 2.27. The van der Waals surface area contributed by atoms with E-state index in [-0.39, 0.29) is 24.3 Å². The van der Waals surface area contributed by atoms with Crippen LogP contribution in [0.5, 0.6) is 5.75 Å². The molecule has 0 spiro atoms. The van der Waals surface area contributed by atoms with Gasteiger partial charge < -0.3 is 15.8 Å². The van der Waals surface area contributed by atoms with Crippen molar-refractivity contribution in [3.63, 3.8) is 0 Å². The summed E-state index contributed by atoms with van der Waals surface area (Å²) in [7, 11) is 0. The predicted octanol–water partition coefficient (Wildman–Crippen LogP) is 2.99. The molecule has 156 valence electrons. The maximum absolute atomic E-state index is 13.7. The number of halogens is 4. The monoisotopic (exact) mass is 404 g/mol. The molecule has 0 unspecified atom stereocenters. The molecule has 1 saturated carbocycles. The number of carbonyl (C=O) groups excluding carboxylic acids is 2. The Morgan fingerprint density at radius 2 is 1.71 bits per heavy atom. The Kier molecular flexibility index (Phi) is 8.22. The number of rotatable bonds is 10. The van der Waals surface area contributed by atoms with Crippen molar-refractivity contribution in [2.45, 2.75) is 51.0 Å². The quantitative estimate of drug-likeness (QED) is 0.357. The van der Waals surface area contributed by atoms with E-state index in [0.717, 1.165) is 25.7 Å². The lowest BCUT2D eigenvalue weighted by atomic mass is 10.0. The zero-order valence-corrected chi connectivity index (χ0v) is 15.4. The molecule has 0 aromatic heterocycles. The number of ketones is 1. The second-order valence-corrected chi connectivity index (χ2v) is 6.88. The largest absolute Gasteiger partial charge is 0.479 e. The van der Waals surface area contributed by atoms with Crippen molar-refractivity contribution in [3.8, 4) is 5.75 Å². The standard InChI is InChI=1S/C19H24F4N2O3/c20-12-9-13(21)17(23)18(16(12)22)28-10-15(26)14(7-3-4-8-24)25-19(27)11-5-1-2-6-11/h9,11,14H,1-8,10,24H2,(H,25,27)/t14-/m1/s1. The van der Waals surface area contributed by atoms with Crippen molar-refractivity contribution in [2.24, 2.45) is 11.7 Å². The maximum Gasteiger partial charge on any atom is 0.223 e. The van der Waals surface area contributed by atoms with Gasteiger partial charge in [0.15, 0.2) is 23.2 Å². The Morgan fingerprint density at radius 1 is 1.11 bits per heavy atom. The number of Topliss-reactive ketones (excluding diaryl/α,β-unsaturated/α-hetero) is 1. The van der Waals surface area contributed by atoms with Gasteiger partial charge in [0.1, 0.15) is 6.61 Å². The van der Waals surface area contributed by atoms with Gasteiger partial charge in [0.25, 0.3) is 0 Å². The van der Waals surface area contributed by atoms with Gasteiger partial charge in [0, 0.05) is 12.0 Å². The zero-order chi connectivity index (χ0) is 20.7. The zero-order valence-electron chi connectivity index (χ0n) is 15.4. The number of ether oxygens (including phenoxy) is 1. The third kappa shape index (κ3) is 5.67. The molecule has 1 fully saturated rings. The van der Waals surface area contributed by atoms with E-state index >= 15 is 0 Å². The Balaban J connectivity index is 2.04. The molecule has 1 amide bonds. The third-order valence-electron chi connectivity index (χ3n) is 4.81. The van der Waals surface area contributed by atoms with Crippen LogP contribution in [0.3, 0.4) is 0 Å². The molecule has 1 atom stereocenters. The minimum atomic E-state index is -1.72. The molecule has 2 rings (SSSR count). The summed E-state index contributed by atoms with van der Waals surface area (Å²) in [6, 6.07) is -0.874. The van der Waals surface area contributed by atoms with Crippen LogP contribution in [-0.4, -0.2) is 30.9 Å². The fourth-order valence-corrected chi connectivity index (χ4v) is 3.21. The van der Waals surface area contributed by atoms with E-state index < -0.39 is 47.5 Å². The Morgan fingerprint density at radius 3 is 2.29 bits per heavy atom. The van der Waals surface area contributed by atoms with Gasteiger partial charge in [-0.2, -0.15) is 8.78 Å². The molecule has 0 saturated heterocycles. The van der Waals surface area contributed by atoms with Crippen LogP contribution in [0.25, 0.3) is 0 Å². The highest BCUT2D eigenvalue weighted by atomic mass is 19.2. The predicted molar refractivity (Wildman–Crippen MR) is 93.6 cm³/mol. The molecule has 1 aliphatic carbocycles. The fraction of sp³-hybridized carbons (Fsp3) is 0.579. The summed E-state index contributed by atoms with van der Waals surface area (Å²) in [4.78, 5) is 24.8. The summed E-state index contributed by atoms with van der Waals surface area (Å²) in [5.74, 6) is -9.07. The number of hydrogen-bond donors (Lipinski definition) is 2. The van der Waals surface area contributed by atoms with Crippen LogP contribution in [0.1, 0.15) is 44.9 Å². The average Bonchev–Trinajstić information content (AvgIpc) is 3.20. The van der Waals surface area contributed by atoms with Gasteiger partial charge in [-0.1, -0.05) is 12.8 Å². The molecule has 1 aromatic rings. The SMILES string of the molecule is NCCCC[C@@H](NC(=O)C1CCCC1)C(=O)COc1c(F)c(F)cc(F)c1F. The molecular formula is C19H24F4N2O3. The van der Waals surface area contributed by atoms with E-state index in [1.54, 1.807) is 0 Å². The molecule has 5 nitrogen and oxygen atoms in total. The molecule has 28 heavy (non-hydrogen) atoms. The Bertz CT molecular complexity index is 683. The first-order valence-electron chi connectivity index (χ1n) is 9.34. The molecule has 3 N–H and O–H groups in total. The van der Waals surface area contributed by atoms with Crippen molar-refractivity contribution in [1.82, 2.24) is 5.32 Å². The Hall–Kier alpha value is -2.16. The van der Waals surface area contributed by atoms with E-state index in [1.807, 2.05) is 0 Å². The summed E-state index contributed by atoms with van der Waals surface area (Å²) >= 11 is 0. The van der Waals surface area contributed by atoms with Crippen molar-refractivity contribution in [3.05, 3.63) is 29.3 Å². The van der Waals surface area contributed by atoms with E-state index in [2.05, 4.69) is 5.32 Å². The Labute approximate surface area is 160 Å². The van der Waals surface area contributed by atoms with Gasteiger partial charge in [0.2, 0.25) is 17.5 Å². The lowest BCUT2D eigenvalue weighted by molar-refractivity contribution is -0.131. The van der Waals surface area contributed by atoms with Gasteiger partial charge in [-0.05, 0) is 38.6 Å². The summed E-state index contributed by atoms with van der Waals surface area (Å²) in [6.45, 7) is -0.429. The van der Waals surface area contributed by atoms with Crippen LogP contribution in [0.4, 0.5) is 17.6 Å². The van der Waals surface area contributed by atoms with Gasteiger partial charge in [-0.15, -0.1) is 0 Å². The highest BCUT2D eigenvalue weighted by molar-refractivity contribution is 5.90. The normalized spacial score (nSPS) is 15.5. The second kappa shape index (κ2) is 10.4. The number of nitrogens with one attached hydrogen (secondary N) is 1. The highest BCUT2D eigenvalue weighted by Gasteiger charge is 2.28. The molecule has 0 radical (unpaired) electrons.